The minimum atomic E-state index is -4.47. The molecule has 1 aliphatic rings. The van der Waals surface area contributed by atoms with Gasteiger partial charge in [0.2, 0.25) is 5.91 Å². The molecule has 0 atom stereocenters. The molecule has 2 aromatic rings. The van der Waals surface area contributed by atoms with Crippen molar-refractivity contribution >= 4 is 17.4 Å². The zero-order valence-corrected chi connectivity index (χ0v) is 15.4. The number of benzene rings is 2. The average Bonchev–Trinajstić information content (AvgIpc) is 2.72. The van der Waals surface area contributed by atoms with Crippen LogP contribution in [0.5, 0.6) is 5.75 Å². The summed E-state index contributed by atoms with van der Waals surface area (Å²) in [5, 5.41) is 11.8. The highest BCUT2D eigenvalue weighted by atomic mass is 19.4. The van der Waals surface area contributed by atoms with E-state index in [1.165, 1.54) is 0 Å². The third kappa shape index (κ3) is 5.16. The van der Waals surface area contributed by atoms with Gasteiger partial charge >= 0.3 is 6.18 Å². The molecule has 0 radical (unpaired) electrons. The van der Waals surface area contributed by atoms with Crippen LogP contribution in [-0.2, 0) is 11.0 Å². The maximum atomic E-state index is 12.6. The Morgan fingerprint density at radius 2 is 1.69 bits per heavy atom. The van der Waals surface area contributed by atoms with E-state index in [0.29, 0.717) is 19.5 Å². The second kappa shape index (κ2) is 8.38. The molecule has 29 heavy (non-hydrogen) atoms. The van der Waals surface area contributed by atoms with Gasteiger partial charge in [0.15, 0.2) is 0 Å². The molecule has 0 saturated carbocycles. The fourth-order valence-electron chi connectivity index (χ4n) is 3.01. The summed E-state index contributed by atoms with van der Waals surface area (Å²) in [4.78, 5) is 26.0. The highest BCUT2D eigenvalue weighted by molar-refractivity contribution is 5.96. The zero-order valence-electron chi connectivity index (χ0n) is 15.4. The molecule has 0 unspecified atom stereocenters. The minimum absolute atomic E-state index is 0.0546. The largest absolute Gasteiger partial charge is 0.508 e. The Morgan fingerprint density at radius 3 is 2.24 bits per heavy atom. The molecular formula is C21H19F3N2O3. The van der Waals surface area contributed by atoms with Gasteiger partial charge in [0.25, 0.3) is 5.91 Å². The maximum Gasteiger partial charge on any atom is 0.416 e. The number of carbonyl (C=O) groups is 2. The first-order chi connectivity index (χ1) is 13.7. The average molecular weight is 404 g/mol. The number of rotatable bonds is 4. The number of phenolic OH excluding ortho intramolecular Hbond substituents is 1. The highest BCUT2D eigenvalue weighted by Gasteiger charge is 2.30. The van der Waals surface area contributed by atoms with Gasteiger partial charge in [-0.25, -0.2) is 0 Å². The van der Waals surface area contributed by atoms with Crippen LogP contribution in [0.3, 0.4) is 0 Å². The lowest BCUT2D eigenvalue weighted by atomic mass is 9.99. The zero-order chi connectivity index (χ0) is 21.0. The van der Waals surface area contributed by atoms with Crippen molar-refractivity contribution in [3.63, 3.8) is 0 Å². The number of hydrogen-bond acceptors (Lipinski definition) is 3. The van der Waals surface area contributed by atoms with E-state index in [2.05, 4.69) is 5.32 Å². The molecule has 0 spiro atoms. The normalized spacial score (nSPS) is 14.3. The number of carbonyl (C=O) groups excluding carboxylic acids is 2. The Morgan fingerprint density at radius 1 is 1.03 bits per heavy atom. The predicted molar refractivity (Wildman–Crippen MR) is 101 cm³/mol. The van der Waals surface area contributed by atoms with Crippen LogP contribution in [-0.4, -0.2) is 41.5 Å². The third-order valence-corrected chi connectivity index (χ3v) is 4.67. The van der Waals surface area contributed by atoms with Crippen molar-refractivity contribution in [3.8, 4) is 5.75 Å². The molecule has 2 amide bonds. The quantitative estimate of drug-likeness (QED) is 0.820. The van der Waals surface area contributed by atoms with Gasteiger partial charge in [0.05, 0.1) is 12.1 Å². The van der Waals surface area contributed by atoms with Crippen LogP contribution in [0.1, 0.15) is 27.9 Å². The number of amides is 2. The lowest BCUT2D eigenvalue weighted by Crippen LogP contribution is -2.42. The molecule has 5 nitrogen and oxygen atoms in total. The maximum absolute atomic E-state index is 12.6. The summed E-state index contributed by atoms with van der Waals surface area (Å²) in [5.41, 5.74) is 1.27. The molecule has 0 bridgehead atoms. The van der Waals surface area contributed by atoms with Gasteiger partial charge in [-0.2, -0.15) is 13.2 Å². The number of alkyl halides is 3. The Balaban J connectivity index is 1.52. The third-order valence-electron chi connectivity index (χ3n) is 4.67. The first kappa shape index (κ1) is 20.4. The summed E-state index contributed by atoms with van der Waals surface area (Å²) in [6, 6.07) is 10.6. The molecule has 0 fully saturated rings. The summed E-state index contributed by atoms with van der Waals surface area (Å²) in [7, 11) is 0. The molecule has 2 aromatic carbocycles. The molecule has 3 rings (SSSR count). The van der Waals surface area contributed by atoms with E-state index in [9.17, 15) is 27.9 Å². The van der Waals surface area contributed by atoms with Crippen LogP contribution in [0.2, 0.25) is 0 Å². The van der Waals surface area contributed by atoms with E-state index in [1.807, 2.05) is 18.2 Å². The van der Waals surface area contributed by atoms with Crippen LogP contribution >= 0.6 is 0 Å². The van der Waals surface area contributed by atoms with E-state index in [4.69, 9.17) is 0 Å². The number of aromatic hydroxyl groups is 1. The van der Waals surface area contributed by atoms with Crippen molar-refractivity contribution in [1.82, 2.24) is 10.2 Å². The summed E-state index contributed by atoms with van der Waals surface area (Å²) in [5.74, 6) is -0.693. The van der Waals surface area contributed by atoms with Gasteiger partial charge in [0.1, 0.15) is 5.75 Å². The Kier molecular flexibility index (Phi) is 5.91. The monoisotopic (exact) mass is 404 g/mol. The van der Waals surface area contributed by atoms with Crippen molar-refractivity contribution < 1.29 is 27.9 Å². The van der Waals surface area contributed by atoms with Gasteiger partial charge in [0, 0.05) is 18.7 Å². The fraction of sp³-hybridized carbons (Fsp3) is 0.238. The van der Waals surface area contributed by atoms with Crippen molar-refractivity contribution in [1.29, 1.82) is 0 Å². The van der Waals surface area contributed by atoms with Gasteiger partial charge in [-0.15, -0.1) is 0 Å². The van der Waals surface area contributed by atoms with Crippen molar-refractivity contribution in [3.05, 3.63) is 71.3 Å². The van der Waals surface area contributed by atoms with Crippen molar-refractivity contribution in [2.24, 2.45) is 0 Å². The Hall–Kier alpha value is -3.29. The molecule has 0 aliphatic carbocycles. The van der Waals surface area contributed by atoms with Crippen LogP contribution in [0.4, 0.5) is 13.2 Å². The summed E-state index contributed by atoms with van der Waals surface area (Å²) < 4.78 is 37.7. The number of phenols is 1. The smallest absolute Gasteiger partial charge is 0.416 e. The number of nitrogens with zero attached hydrogens (tertiary/aromatic N) is 1. The standard InChI is InChI=1S/C21H19F3N2O3/c22-21(23,24)17-5-1-16(2-6-17)20(29)25-13-19(28)26-11-9-15(10-12-26)14-3-7-18(27)8-4-14/h1-9,27H,10-13H2,(H,25,29). The summed E-state index contributed by atoms with van der Waals surface area (Å²) >= 11 is 0. The van der Waals surface area contributed by atoms with Crippen LogP contribution in [0.25, 0.3) is 5.57 Å². The van der Waals surface area contributed by atoms with E-state index in [-0.39, 0.29) is 23.8 Å². The van der Waals surface area contributed by atoms with Crippen LogP contribution in [0, 0.1) is 0 Å². The van der Waals surface area contributed by atoms with E-state index >= 15 is 0 Å². The van der Waals surface area contributed by atoms with Crippen molar-refractivity contribution in [2.45, 2.75) is 12.6 Å². The minimum Gasteiger partial charge on any atom is -0.508 e. The van der Waals surface area contributed by atoms with Gasteiger partial charge < -0.3 is 15.3 Å². The molecule has 0 saturated heterocycles. The first-order valence-electron chi connectivity index (χ1n) is 8.96. The number of nitrogens with one attached hydrogen (secondary N) is 1. The lowest BCUT2D eigenvalue weighted by Gasteiger charge is -2.27. The molecule has 0 aromatic heterocycles. The molecule has 152 valence electrons. The fourth-order valence-corrected chi connectivity index (χ4v) is 3.01. The van der Waals surface area contributed by atoms with Gasteiger partial charge in [-0.1, -0.05) is 18.2 Å². The lowest BCUT2D eigenvalue weighted by molar-refractivity contribution is -0.137. The summed E-state index contributed by atoms with van der Waals surface area (Å²) in [6.07, 6.45) is -1.90. The van der Waals surface area contributed by atoms with Crippen LogP contribution in [0.15, 0.2) is 54.6 Å². The molecule has 8 heteroatoms. The van der Waals surface area contributed by atoms with Gasteiger partial charge in [-0.05, 0) is 54.0 Å². The van der Waals surface area contributed by atoms with E-state index in [1.54, 1.807) is 17.0 Å². The first-order valence-corrected chi connectivity index (χ1v) is 8.96. The highest BCUT2D eigenvalue weighted by Crippen LogP contribution is 2.29. The molecule has 2 N–H and O–H groups in total. The van der Waals surface area contributed by atoms with Crippen LogP contribution < -0.4 is 5.32 Å². The Bertz CT molecular complexity index is 920. The van der Waals surface area contributed by atoms with E-state index < -0.39 is 17.6 Å². The molecule has 1 heterocycles. The predicted octanol–water partition coefficient (Wildman–Crippen LogP) is 3.46. The Labute approximate surface area is 165 Å². The second-order valence-electron chi connectivity index (χ2n) is 6.62. The summed E-state index contributed by atoms with van der Waals surface area (Å²) in [6.45, 7) is 0.648. The van der Waals surface area contributed by atoms with Crippen molar-refractivity contribution in [2.75, 3.05) is 19.6 Å². The molecule has 1 aliphatic heterocycles. The number of hydrogen-bond donors (Lipinski definition) is 2. The van der Waals surface area contributed by atoms with E-state index in [0.717, 1.165) is 35.4 Å². The topological polar surface area (TPSA) is 69.6 Å². The number of halogens is 3. The molecular weight excluding hydrogens is 385 g/mol. The van der Waals surface area contributed by atoms with Gasteiger partial charge in [-0.3, -0.25) is 9.59 Å². The SMILES string of the molecule is O=C(NCC(=O)N1CC=C(c2ccc(O)cc2)CC1)c1ccc(C(F)(F)F)cc1. The second-order valence-corrected chi connectivity index (χ2v) is 6.62.